The highest BCUT2D eigenvalue weighted by Gasteiger charge is 2.07. The van der Waals surface area contributed by atoms with Crippen LogP contribution in [-0.4, -0.2) is 26.3 Å². The second-order valence-corrected chi connectivity index (χ2v) is 3.46. The summed E-state index contributed by atoms with van der Waals surface area (Å²) >= 11 is 0. The van der Waals surface area contributed by atoms with E-state index < -0.39 is 5.97 Å². The van der Waals surface area contributed by atoms with E-state index in [2.05, 4.69) is 10.7 Å². The summed E-state index contributed by atoms with van der Waals surface area (Å²) in [5.74, 6) is 2.11. The normalized spacial score (nSPS) is 11.6. The van der Waals surface area contributed by atoms with Gasteiger partial charge in [0.2, 0.25) is 0 Å². The highest BCUT2D eigenvalue weighted by atomic mass is 16.6. The molecule has 0 bridgehead atoms. The molecule has 0 heterocycles. The van der Waals surface area contributed by atoms with Crippen molar-refractivity contribution < 1.29 is 14.3 Å². The molecule has 0 amide bonds. The Morgan fingerprint density at radius 1 is 1.47 bits per heavy atom. The molecule has 1 aromatic carbocycles. The van der Waals surface area contributed by atoms with Crippen molar-refractivity contribution in [3.05, 3.63) is 35.4 Å². The van der Waals surface area contributed by atoms with Crippen LogP contribution >= 0.6 is 0 Å². The molecule has 0 radical (unpaired) electrons. The molecule has 4 nitrogen and oxygen atoms in total. The first kappa shape index (κ1) is 13.2. The van der Waals surface area contributed by atoms with Gasteiger partial charge in [0.25, 0.3) is 0 Å². The fraction of sp³-hybridized carbons (Fsp3) is 0.308. The van der Waals surface area contributed by atoms with Gasteiger partial charge in [-0.05, 0) is 17.7 Å². The summed E-state index contributed by atoms with van der Waals surface area (Å²) in [5.41, 5.74) is 7.60. The van der Waals surface area contributed by atoms with Gasteiger partial charge in [0, 0.05) is 5.56 Å². The average Bonchev–Trinajstić information content (AvgIpc) is 2.38. The van der Waals surface area contributed by atoms with Crippen LogP contribution in [0.25, 0.3) is 0 Å². The summed E-state index contributed by atoms with van der Waals surface area (Å²) in [4.78, 5) is 10.8. The van der Waals surface area contributed by atoms with Gasteiger partial charge < -0.3 is 15.2 Å². The third kappa shape index (κ3) is 4.27. The molecule has 0 saturated carbocycles. The fourth-order valence-electron chi connectivity index (χ4n) is 1.25. The highest BCUT2D eigenvalue weighted by Crippen LogP contribution is 2.11. The minimum Gasteiger partial charge on any atom is -0.467 e. The number of terminal acetylenes is 1. The molecule has 4 heteroatoms. The Morgan fingerprint density at radius 3 is 2.65 bits per heavy atom. The molecule has 1 atom stereocenters. The third-order valence-electron chi connectivity index (χ3n) is 2.25. The first-order valence-corrected chi connectivity index (χ1v) is 5.14. The standard InChI is InChI=1S/C13H15NO3/c1-3-10-4-6-11(7-5-10)12(14)8-17-9-13(15)16-2/h1,4-7,12H,8-9,14H2,2H3/t12-/m0/s1. The molecular weight excluding hydrogens is 218 g/mol. The van der Waals surface area contributed by atoms with Crippen molar-refractivity contribution in [2.45, 2.75) is 6.04 Å². The third-order valence-corrected chi connectivity index (χ3v) is 2.25. The minimum absolute atomic E-state index is 0.0906. The predicted molar refractivity (Wildman–Crippen MR) is 64.1 cm³/mol. The maximum Gasteiger partial charge on any atom is 0.331 e. The van der Waals surface area contributed by atoms with E-state index >= 15 is 0 Å². The molecule has 2 N–H and O–H groups in total. The Kier molecular flexibility index (Phi) is 5.21. The Balaban J connectivity index is 2.44. The van der Waals surface area contributed by atoms with Gasteiger partial charge in [-0.1, -0.05) is 18.1 Å². The van der Waals surface area contributed by atoms with E-state index in [9.17, 15) is 4.79 Å². The number of ether oxygens (including phenoxy) is 2. The van der Waals surface area contributed by atoms with Gasteiger partial charge in [-0.2, -0.15) is 0 Å². The van der Waals surface area contributed by atoms with Gasteiger partial charge >= 0.3 is 5.97 Å². The number of methoxy groups -OCH3 is 1. The monoisotopic (exact) mass is 233 g/mol. The molecule has 0 aliphatic carbocycles. The number of hydrogen-bond acceptors (Lipinski definition) is 4. The van der Waals surface area contributed by atoms with Crippen molar-refractivity contribution >= 4 is 5.97 Å². The highest BCUT2D eigenvalue weighted by molar-refractivity contribution is 5.70. The number of hydrogen-bond donors (Lipinski definition) is 1. The van der Waals surface area contributed by atoms with E-state index in [1.54, 1.807) is 0 Å². The van der Waals surface area contributed by atoms with Crippen molar-refractivity contribution in [3.63, 3.8) is 0 Å². The van der Waals surface area contributed by atoms with Crippen molar-refractivity contribution in [1.29, 1.82) is 0 Å². The summed E-state index contributed by atoms with van der Waals surface area (Å²) in [6, 6.07) is 7.04. The predicted octanol–water partition coefficient (Wildman–Crippen LogP) is 0.857. The maximum atomic E-state index is 10.8. The molecule has 0 spiro atoms. The lowest BCUT2D eigenvalue weighted by Crippen LogP contribution is -2.20. The smallest absolute Gasteiger partial charge is 0.331 e. The summed E-state index contributed by atoms with van der Waals surface area (Å²) < 4.78 is 9.56. The van der Waals surface area contributed by atoms with Crippen molar-refractivity contribution in [2.24, 2.45) is 5.73 Å². The number of rotatable bonds is 5. The molecule has 0 aromatic heterocycles. The van der Waals surface area contributed by atoms with E-state index in [1.165, 1.54) is 7.11 Å². The lowest BCUT2D eigenvalue weighted by Gasteiger charge is -2.12. The maximum absolute atomic E-state index is 10.8. The Morgan fingerprint density at radius 2 is 2.12 bits per heavy atom. The second-order valence-electron chi connectivity index (χ2n) is 3.46. The lowest BCUT2D eigenvalue weighted by atomic mass is 10.1. The zero-order chi connectivity index (χ0) is 12.7. The molecule has 1 aromatic rings. The van der Waals surface area contributed by atoms with Crippen LogP contribution in [0.3, 0.4) is 0 Å². The SMILES string of the molecule is C#Cc1ccc([C@@H](N)COCC(=O)OC)cc1. The Bertz CT molecular complexity index is 406. The van der Waals surface area contributed by atoms with Crippen LogP contribution < -0.4 is 5.73 Å². The van der Waals surface area contributed by atoms with E-state index in [0.717, 1.165) is 11.1 Å². The summed E-state index contributed by atoms with van der Waals surface area (Å²) in [6.07, 6.45) is 5.25. The molecule has 90 valence electrons. The molecular formula is C13H15NO3. The van der Waals surface area contributed by atoms with Gasteiger partial charge in [0.15, 0.2) is 0 Å². The number of carbonyl (C=O) groups excluding carboxylic acids is 1. The van der Waals surface area contributed by atoms with Crippen molar-refractivity contribution in [1.82, 2.24) is 0 Å². The van der Waals surface area contributed by atoms with Gasteiger partial charge in [0.1, 0.15) is 6.61 Å². The molecule has 0 unspecified atom stereocenters. The topological polar surface area (TPSA) is 61.5 Å². The lowest BCUT2D eigenvalue weighted by molar-refractivity contribution is -0.146. The van der Waals surface area contributed by atoms with Crippen LogP contribution in [0.1, 0.15) is 17.2 Å². The first-order valence-electron chi connectivity index (χ1n) is 5.14. The molecule has 17 heavy (non-hydrogen) atoms. The minimum atomic E-state index is -0.417. The molecule has 0 aliphatic rings. The molecule has 0 saturated heterocycles. The number of nitrogens with two attached hydrogens (primary N) is 1. The Labute approximate surface area is 101 Å². The van der Waals surface area contributed by atoms with E-state index in [0.29, 0.717) is 0 Å². The molecule has 0 aliphatic heterocycles. The van der Waals surface area contributed by atoms with Crippen LogP contribution in [0.4, 0.5) is 0 Å². The van der Waals surface area contributed by atoms with Gasteiger partial charge in [-0.3, -0.25) is 0 Å². The van der Waals surface area contributed by atoms with Crippen molar-refractivity contribution in [2.75, 3.05) is 20.3 Å². The van der Waals surface area contributed by atoms with Crippen molar-refractivity contribution in [3.8, 4) is 12.3 Å². The van der Waals surface area contributed by atoms with E-state index in [-0.39, 0.29) is 19.3 Å². The summed E-state index contributed by atoms with van der Waals surface area (Å²) in [5, 5.41) is 0. The average molecular weight is 233 g/mol. The van der Waals surface area contributed by atoms with E-state index in [1.807, 2.05) is 24.3 Å². The number of esters is 1. The zero-order valence-corrected chi connectivity index (χ0v) is 9.68. The molecule has 1 rings (SSSR count). The van der Waals surface area contributed by atoms with Crippen LogP contribution in [0.15, 0.2) is 24.3 Å². The van der Waals surface area contributed by atoms with Crippen LogP contribution in [0.2, 0.25) is 0 Å². The number of benzene rings is 1. The number of carbonyl (C=O) groups is 1. The van der Waals surface area contributed by atoms with Gasteiger partial charge in [-0.25, -0.2) is 4.79 Å². The quantitative estimate of drug-likeness (QED) is 0.605. The molecule has 0 fully saturated rings. The largest absolute Gasteiger partial charge is 0.467 e. The van der Waals surface area contributed by atoms with Crippen LogP contribution in [-0.2, 0) is 14.3 Å². The fourth-order valence-corrected chi connectivity index (χ4v) is 1.25. The zero-order valence-electron chi connectivity index (χ0n) is 9.68. The van der Waals surface area contributed by atoms with Gasteiger partial charge in [0.05, 0.1) is 19.8 Å². The Hall–Kier alpha value is -1.83. The first-order chi connectivity index (χ1) is 8.17. The summed E-state index contributed by atoms with van der Waals surface area (Å²) in [7, 11) is 1.31. The summed E-state index contributed by atoms with van der Waals surface area (Å²) in [6.45, 7) is 0.164. The van der Waals surface area contributed by atoms with Crippen LogP contribution in [0.5, 0.6) is 0 Å². The van der Waals surface area contributed by atoms with Crippen LogP contribution in [0, 0.1) is 12.3 Å². The van der Waals surface area contributed by atoms with E-state index in [4.69, 9.17) is 16.9 Å². The second kappa shape index (κ2) is 6.69. The van der Waals surface area contributed by atoms with Gasteiger partial charge in [-0.15, -0.1) is 6.42 Å².